The van der Waals surface area contributed by atoms with Gasteiger partial charge in [0.05, 0.1) is 18.0 Å². The smallest absolute Gasteiger partial charge is 0.358 e. The molecule has 1 aromatic rings. The maximum atomic E-state index is 11.4. The van der Waals surface area contributed by atoms with E-state index in [1.807, 2.05) is 4.90 Å². The van der Waals surface area contributed by atoms with Crippen molar-refractivity contribution in [2.75, 3.05) is 31.1 Å². The number of carbonyl (C=O) groups is 1. The Morgan fingerprint density at radius 1 is 1.53 bits per heavy atom. The molecule has 0 aromatic carbocycles. The summed E-state index contributed by atoms with van der Waals surface area (Å²) in [5, 5.41) is 16.0. The van der Waals surface area contributed by atoms with Gasteiger partial charge in [-0.05, 0) is 0 Å². The van der Waals surface area contributed by atoms with Crippen LogP contribution in [0.5, 0.6) is 0 Å². The molecule has 0 bridgehead atoms. The molecule has 1 N–H and O–H groups in total. The first-order chi connectivity index (χ1) is 8.91. The standard InChI is InChI=1S/C10H16N4O4S/c1-2-19(17,18)4-3-13-5-8(6-13)14-7-9(10(15)16)11-12-14/h7-8H,2-6H2,1H3,(H,15,16). The molecule has 19 heavy (non-hydrogen) atoms. The van der Waals surface area contributed by atoms with Crippen LogP contribution >= 0.6 is 0 Å². The first-order valence-electron chi connectivity index (χ1n) is 5.99. The van der Waals surface area contributed by atoms with Gasteiger partial charge in [-0.25, -0.2) is 17.9 Å². The van der Waals surface area contributed by atoms with Crippen molar-refractivity contribution in [3.05, 3.63) is 11.9 Å². The zero-order valence-electron chi connectivity index (χ0n) is 10.6. The Morgan fingerprint density at radius 3 is 2.74 bits per heavy atom. The summed E-state index contributed by atoms with van der Waals surface area (Å²) in [4.78, 5) is 12.7. The fourth-order valence-corrected chi connectivity index (χ4v) is 2.68. The van der Waals surface area contributed by atoms with Crippen molar-refractivity contribution in [2.24, 2.45) is 0 Å². The molecule has 0 unspecified atom stereocenters. The Morgan fingerprint density at radius 2 is 2.21 bits per heavy atom. The third kappa shape index (κ3) is 3.29. The second-order valence-electron chi connectivity index (χ2n) is 4.54. The number of aromatic nitrogens is 3. The molecule has 1 aliphatic rings. The number of carboxylic acids is 1. The van der Waals surface area contributed by atoms with Crippen LogP contribution in [-0.2, 0) is 9.84 Å². The Labute approximate surface area is 110 Å². The van der Waals surface area contributed by atoms with E-state index < -0.39 is 15.8 Å². The van der Waals surface area contributed by atoms with Crippen LogP contribution in [0.2, 0.25) is 0 Å². The van der Waals surface area contributed by atoms with Gasteiger partial charge in [0.2, 0.25) is 0 Å². The highest BCUT2D eigenvalue weighted by molar-refractivity contribution is 7.91. The Hall–Kier alpha value is -1.48. The number of hydrogen-bond donors (Lipinski definition) is 1. The molecule has 0 radical (unpaired) electrons. The van der Waals surface area contributed by atoms with Crippen molar-refractivity contribution in [2.45, 2.75) is 13.0 Å². The molecule has 9 heteroatoms. The lowest BCUT2D eigenvalue weighted by Crippen LogP contribution is -2.49. The number of hydrogen-bond acceptors (Lipinski definition) is 6. The minimum Gasteiger partial charge on any atom is -0.476 e. The summed E-state index contributed by atoms with van der Waals surface area (Å²) in [6.45, 7) is 3.48. The number of rotatable bonds is 6. The Kier molecular flexibility index (Phi) is 3.85. The van der Waals surface area contributed by atoms with Gasteiger partial charge in [0, 0.05) is 25.4 Å². The topological polar surface area (TPSA) is 105 Å². The van der Waals surface area contributed by atoms with E-state index in [9.17, 15) is 13.2 Å². The fourth-order valence-electron chi connectivity index (χ4n) is 1.86. The van der Waals surface area contributed by atoms with Crippen LogP contribution in [0.3, 0.4) is 0 Å². The monoisotopic (exact) mass is 288 g/mol. The van der Waals surface area contributed by atoms with Gasteiger partial charge in [0.1, 0.15) is 0 Å². The van der Waals surface area contributed by atoms with E-state index in [1.54, 1.807) is 6.92 Å². The Bertz CT molecular complexity index is 562. The minimum atomic E-state index is -2.93. The molecule has 2 rings (SSSR count). The summed E-state index contributed by atoms with van der Waals surface area (Å²) in [7, 11) is -2.93. The van der Waals surface area contributed by atoms with E-state index in [1.165, 1.54) is 10.9 Å². The van der Waals surface area contributed by atoms with Crippen molar-refractivity contribution < 1.29 is 18.3 Å². The average molecular weight is 288 g/mol. The van der Waals surface area contributed by atoms with Crippen LogP contribution in [-0.4, -0.2) is 70.5 Å². The molecule has 106 valence electrons. The van der Waals surface area contributed by atoms with Gasteiger partial charge >= 0.3 is 5.97 Å². The Balaban J connectivity index is 1.81. The predicted octanol–water partition coefficient (Wildman–Crippen LogP) is -0.732. The van der Waals surface area contributed by atoms with Crippen LogP contribution in [0.15, 0.2) is 6.20 Å². The average Bonchev–Trinajstić information content (AvgIpc) is 2.76. The predicted molar refractivity (Wildman–Crippen MR) is 66.8 cm³/mol. The van der Waals surface area contributed by atoms with Gasteiger partial charge in [0.15, 0.2) is 15.5 Å². The highest BCUT2D eigenvalue weighted by Gasteiger charge is 2.30. The van der Waals surface area contributed by atoms with Gasteiger partial charge in [-0.15, -0.1) is 5.10 Å². The highest BCUT2D eigenvalue weighted by atomic mass is 32.2. The van der Waals surface area contributed by atoms with Gasteiger partial charge in [-0.1, -0.05) is 12.1 Å². The van der Waals surface area contributed by atoms with Crippen molar-refractivity contribution >= 4 is 15.8 Å². The molecule has 0 spiro atoms. The number of aromatic carboxylic acids is 1. The first-order valence-corrected chi connectivity index (χ1v) is 7.81. The molecule has 2 heterocycles. The largest absolute Gasteiger partial charge is 0.476 e. The molecular formula is C10H16N4O4S. The number of nitrogens with zero attached hydrogens (tertiary/aromatic N) is 4. The van der Waals surface area contributed by atoms with Crippen LogP contribution in [0.25, 0.3) is 0 Å². The van der Waals surface area contributed by atoms with E-state index in [4.69, 9.17) is 5.11 Å². The lowest BCUT2D eigenvalue weighted by atomic mass is 10.1. The molecular weight excluding hydrogens is 272 g/mol. The van der Waals surface area contributed by atoms with Gasteiger partial charge in [0.25, 0.3) is 0 Å². The molecule has 1 aromatic heterocycles. The summed E-state index contributed by atoms with van der Waals surface area (Å²) < 4.78 is 24.2. The molecule has 8 nitrogen and oxygen atoms in total. The van der Waals surface area contributed by atoms with Crippen LogP contribution in [0, 0.1) is 0 Å². The number of sulfone groups is 1. The van der Waals surface area contributed by atoms with E-state index in [0.29, 0.717) is 19.6 Å². The van der Waals surface area contributed by atoms with Crippen LogP contribution in [0.4, 0.5) is 0 Å². The lowest BCUT2D eigenvalue weighted by molar-refractivity contribution is 0.0690. The molecule has 1 fully saturated rings. The maximum absolute atomic E-state index is 11.4. The maximum Gasteiger partial charge on any atom is 0.358 e. The third-order valence-corrected chi connectivity index (χ3v) is 4.88. The number of carboxylic acid groups (broad SMARTS) is 1. The minimum absolute atomic E-state index is 0.0740. The van der Waals surface area contributed by atoms with Crippen molar-refractivity contribution in [1.29, 1.82) is 0 Å². The summed E-state index contributed by atoms with van der Waals surface area (Å²) in [6.07, 6.45) is 1.40. The second kappa shape index (κ2) is 5.25. The van der Waals surface area contributed by atoms with Gasteiger partial charge < -0.3 is 5.11 Å². The molecule has 1 saturated heterocycles. The van der Waals surface area contributed by atoms with E-state index >= 15 is 0 Å². The summed E-state index contributed by atoms with van der Waals surface area (Å²) in [6, 6.07) is 0.0740. The van der Waals surface area contributed by atoms with E-state index in [0.717, 1.165) is 0 Å². The zero-order valence-corrected chi connectivity index (χ0v) is 11.4. The van der Waals surface area contributed by atoms with E-state index in [-0.39, 0.29) is 23.2 Å². The third-order valence-electron chi connectivity index (χ3n) is 3.20. The van der Waals surface area contributed by atoms with Crippen LogP contribution < -0.4 is 0 Å². The number of likely N-dealkylation sites (tertiary alicyclic amines) is 1. The SMILES string of the molecule is CCS(=O)(=O)CCN1CC(n2cc(C(=O)O)nn2)C1. The second-order valence-corrected chi connectivity index (χ2v) is 7.01. The zero-order chi connectivity index (χ0) is 14.0. The fraction of sp³-hybridized carbons (Fsp3) is 0.700. The molecule has 0 aliphatic carbocycles. The van der Waals surface area contributed by atoms with E-state index in [2.05, 4.69) is 10.3 Å². The molecule has 1 aliphatic heterocycles. The van der Waals surface area contributed by atoms with Gasteiger partial charge in [-0.3, -0.25) is 4.90 Å². The molecule has 0 saturated carbocycles. The highest BCUT2D eigenvalue weighted by Crippen LogP contribution is 2.19. The molecule has 0 atom stereocenters. The summed E-state index contributed by atoms with van der Waals surface area (Å²) >= 11 is 0. The normalized spacial score (nSPS) is 17.3. The van der Waals surface area contributed by atoms with Crippen LogP contribution in [0.1, 0.15) is 23.5 Å². The van der Waals surface area contributed by atoms with Gasteiger partial charge in [-0.2, -0.15) is 0 Å². The van der Waals surface area contributed by atoms with Crippen molar-refractivity contribution in [1.82, 2.24) is 19.9 Å². The quantitative estimate of drug-likeness (QED) is 0.735. The molecule has 0 amide bonds. The van der Waals surface area contributed by atoms with Crippen molar-refractivity contribution in [3.63, 3.8) is 0 Å². The first kappa shape index (κ1) is 13.9. The lowest BCUT2D eigenvalue weighted by Gasteiger charge is -2.38. The summed E-state index contributed by atoms with van der Waals surface area (Å²) in [5.41, 5.74) is -0.0768. The van der Waals surface area contributed by atoms with Crippen molar-refractivity contribution in [3.8, 4) is 0 Å². The summed E-state index contributed by atoms with van der Waals surface area (Å²) in [5.74, 6) is -0.778.